The van der Waals surface area contributed by atoms with Crippen LogP contribution in [0.2, 0.25) is 0 Å². The van der Waals surface area contributed by atoms with E-state index in [0.717, 1.165) is 18.4 Å². The third-order valence-electron chi connectivity index (χ3n) is 4.71. The minimum absolute atomic E-state index is 0.243. The Morgan fingerprint density at radius 1 is 1.14 bits per heavy atom. The van der Waals surface area contributed by atoms with Crippen LogP contribution in [-0.4, -0.2) is 29.5 Å². The van der Waals surface area contributed by atoms with Crippen molar-refractivity contribution in [3.05, 3.63) is 83.9 Å². The van der Waals surface area contributed by atoms with E-state index in [0.29, 0.717) is 5.56 Å². The average molecular weight is 391 g/mol. The molecule has 2 atom stereocenters. The molecule has 3 rings (SSSR count). The van der Waals surface area contributed by atoms with Crippen LogP contribution in [0.4, 0.5) is 0 Å². The maximum Gasteiger partial charge on any atom is 0.345 e. The van der Waals surface area contributed by atoms with Crippen molar-refractivity contribution in [2.45, 2.75) is 44.8 Å². The van der Waals surface area contributed by atoms with Gasteiger partial charge in [-0.2, -0.15) is 0 Å². The summed E-state index contributed by atoms with van der Waals surface area (Å²) < 4.78 is 11.2. The van der Waals surface area contributed by atoms with E-state index >= 15 is 0 Å². The summed E-state index contributed by atoms with van der Waals surface area (Å²) in [6, 6.07) is 18.8. The first-order chi connectivity index (χ1) is 14.0. The number of unbranched alkanes of at least 4 members (excludes halogenated alkanes) is 1. The third-order valence-corrected chi connectivity index (χ3v) is 4.71. The second-order valence-corrected chi connectivity index (χ2v) is 7.01. The van der Waals surface area contributed by atoms with Crippen LogP contribution >= 0.6 is 0 Å². The number of nitrogens with zero attached hydrogens (tertiary/aromatic N) is 1. The molecule has 0 aliphatic carbocycles. The number of carbonyl (C=O) groups excluding carboxylic acids is 2. The topological polar surface area (TPSA) is 65.0 Å². The molecule has 5 heteroatoms. The van der Waals surface area contributed by atoms with Gasteiger partial charge in [-0.3, -0.25) is 4.79 Å². The van der Waals surface area contributed by atoms with E-state index in [4.69, 9.17) is 14.5 Å². The zero-order chi connectivity index (χ0) is 20.7. The van der Waals surface area contributed by atoms with Crippen molar-refractivity contribution in [3.63, 3.8) is 0 Å². The Labute approximate surface area is 171 Å². The lowest BCUT2D eigenvalue weighted by Crippen LogP contribution is -2.49. The Kier molecular flexibility index (Phi) is 6.60. The van der Waals surface area contributed by atoms with Gasteiger partial charge >= 0.3 is 11.9 Å². The summed E-state index contributed by atoms with van der Waals surface area (Å²) in [5.74, 6) is -0.750. The minimum Gasteiger partial charge on any atom is -0.455 e. The SMILES string of the molecule is CCCC=CC(OC(C)=O)C1(Cc2ccccc2)N=C(c2ccccc2)OC1=O. The molecular formula is C24H25NO4. The normalized spacial score (nSPS) is 19.7. The lowest BCUT2D eigenvalue weighted by atomic mass is 9.85. The van der Waals surface area contributed by atoms with Crippen molar-refractivity contribution in [3.8, 4) is 0 Å². The van der Waals surface area contributed by atoms with Gasteiger partial charge in [0.1, 0.15) is 0 Å². The number of allylic oxidation sites excluding steroid dienone is 1. The maximum atomic E-state index is 13.2. The molecule has 0 fully saturated rings. The van der Waals surface area contributed by atoms with Gasteiger partial charge in [-0.05, 0) is 30.2 Å². The van der Waals surface area contributed by atoms with E-state index < -0.39 is 23.6 Å². The first kappa shape index (κ1) is 20.5. The van der Waals surface area contributed by atoms with Crippen molar-refractivity contribution in [1.29, 1.82) is 0 Å². The average Bonchev–Trinajstić information content (AvgIpc) is 3.06. The minimum atomic E-state index is -1.37. The zero-order valence-corrected chi connectivity index (χ0v) is 16.7. The van der Waals surface area contributed by atoms with Crippen molar-refractivity contribution in [1.82, 2.24) is 0 Å². The molecule has 29 heavy (non-hydrogen) atoms. The summed E-state index contributed by atoms with van der Waals surface area (Å²) >= 11 is 0. The highest BCUT2D eigenvalue weighted by molar-refractivity contribution is 6.08. The summed E-state index contributed by atoms with van der Waals surface area (Å²) in [4.78, 5) is 29.7. The van der Waals surface area contributed by atoms with Gasteiger partial charge in [-0.1, -0.05) is 68.0 Å². The third kappa shape index (κ3) is 4.80. The first-order valence-corrected chi connectivity index (χ1v) is 9.80. The molecule has 1 aliphatic heterocycles. The van der Waals surface area contributed by atoms with Gasteiger partial charge in [0, 0.05) is 18.9 Å². The van der Waals surface area contributed by atoms with Crippen LogP contribution in [0.25, 0.3) is 0 Å². The van der Waals surface area contributed by atoms with Crippen LogP contribution < -0.4 is 0 Å². The Bertz CT molecular complexity index is 905. The molecule has 150 valence electrons. The number of esters is 2. The van der Waals surface area contributed by atoms with E-state index in [-0.39, 0.29) is 12.3 Å². The van der Waals surface area contributed by atoms with Gasteiger partial charge in [-0.15, -0.1) is 0 Å². The molecule has 0 saturated carbocycles. The van der Waals surface area contributed by atoms with Crippen molar-refractivity contribution >= 4 is 17.8 Å². The standard InChI is InChI=1S/C24H25NO4/c1-3-4-7-16-21(28-18(2)26)24(17-19-12-8-5-9-13-19)23(27)29-22(25-24)20-14-10-6-11-15-20/h5-16,21H,3-4,17H2,1-2H3. The molecule has 1 aliphatic rings. The molecule has 5 nitrogen and oxygen atoms in total. The molecule has 1 heterocycles. The summed E-state index contributed by atoms with van der Waals surface area (Å²) in [6.07, 6.45) is 4.83. The number of hydrogen-bond donors (Lipinski definition) is 0. The highest BCUT2D eigenvalue weighted by Gasteiger charge is 2.53. The molecule has 0 spiro atoms. The van der Waals surface area contributed by atoms with Gasteiger partial charge in [0.2, 0.25) is 11.4 Å². The number of ether oxygens (including phenoxy) is 2. The molecule has 0 bridgehead atoms. The number of carbonyl (C=O) groups is 2. The van der Waals surface area contributed by atoms with Gasteiger partial charge < -0.3 is 9.47 Å². The largest absolute Gasteiger partial charge is 0.455 e. The lowest BCUT2D eigenvalue weighted by Gasteiger charge is -2.29. The summed E-state index contributed by atoms with van der Waals surface area (Å²) in [6.45, 7) is 3.39. The molecule has 0 saturated heterocycles. The van der Waals surface area contributed by atoms with E-state index in [9.17, 15) is 9.59 Å². The molecule has 2 aromatic carbocycles. The Hall–Kier alpha value is -3.21. The molecular weight excluding hydrogens is 366 g/mol. The Morgan fingerprint density at radius 2 is 1.79 bits per heavy atom. The number of hydrogen-bond acceptors (Lipinski definition) is 5. The lowest BCUT2D eigenvalue weighted by molar-refractivity contribution is -0.153. The first-order valence-electron chi connectivity index (χ1n) is 9.80. The predicted molar refractivity (Wildman–Crippen MR) is 112 cm³/mol. The quantitative estimate of drug-likeness (QED) is 0.498. The van der Waals surface area contributed by atoms with Crippen LogP contribution in [0.15, 0.2) is 77.8 Å². The molecule has 2 unspecified atom stereocenters. The van der Waals surface area contributed by atoms with Crippen molar-refractivity contribution < 1.29 is 19.1 Å². The summed E-state index contributed by atoms with van der Waals surface area (Å²) in [5, 5.41) is 0. The van der Waals surface area contributed by atoms with E-state index in [1.54, 1.807) is 6.08 Å². The maximum absolute atomic E-state index is 13.2. The summed E-state index contributed by atoms with van der Waals surface area (Å²) in [7, 11) is 0. The van der Waals surface area contributed by atoms with E-state index in [2.05, 4.69) is 6.92 Å². The summed E-state index contributed by atoms with van der Waals surface area (Å²) in [5.41, 5.74) is 0.237. The van der Waals surface area contributed by atoms with Gasteiger partial charge in [0.15, 0.2) is 6.10 Å². The molecule has 0 N–H and O–H groups in total. The Balaban J connectivity index is 2.08. The van der Waals surface area contributed by atoms with Crippen LogP contribution in [0, 0.1) is 0 Å². The molecule has 0 radical (unpaired) electrons. The fourth-order valence-corrected chi connectivity index (χ4v) is 3.29. The monoisotopic (exact) mass is 391 g/mol. The highest BCUT2D eigenvalue weighted by Crippen LogP contribution is 2.33. The number of aliphatic imine (C=N–C) groups is 1. The van der Waals surface area contributed by atoms with E-state index in [1.807, 2.05) is 66.7 Å². The second kappa shape index (κ2) is 9.32. The molecule has 0 amide bonds. The van der Waals surface area contributed by atoms with Gasteiger partial charge in [0.25, 0.3) is 0 Å². The second-order valence-electron chi connectivity index (χ2n) is 7.01. The molecule has 2 aromatic rings. The number of cyclic esters (lactones) is 1. The van der Waals surface area contributed by atoms with Crippen LogP contribution in [0.3, 0.4) is 0 Å². The van der Waals surface area contributed by atoms with Gasteiger partial charge in [0.05, 0.1) is 0 Å². The zero-order valence-electron chi connectivity index (χ0n) is 16.7. The fraction of sp³-hybridized carbons (Fsp3) is 0.292. The highest BCUT2D eigenvalue weighted by atomic mass is 16.6. The molecule has 0 aromatic heterocycles. The number of benzene rings is 2. The van der Waals surface area contributed by atoms with Crippen LogP contribution in [0.5, 0.6) is 0 Å². The van der Waals surface area contributed by atoms with Crippen LogP contribution in [0.1, 0.15) is 37.8 Å². The predicted octanol–water partition coefficient (Wildman–Crippen LogP) is 4.26. The van der Waals surface area contributed by atoms with Crippen molar-refractivity contribution in [2.24, 2.45) is 4.99 Å². The fourth-order valence-electron chi connectivity index (χ4n) is 3.29. The van der Waals surface area contributed by atoms with Crippen molar-refractivity contribution in [2.75, 3.05) is 0 Å². The smallest absolute Gasteiger partial charge is 0.345 e. The van der Waals surface area contributed by atoms with Gasteiger partial charge in [-0.25, -0.2) is 9.79 Å². The van der Waals surface area contributed by atoms with E-state index in [1.165, 1.54) is 6.92 Å². The van der Waals surface area contributed by atoms with Crippen LogP contribution in [-0.2, 0) is 25.5 Å². The number of rotatable bonds is 8. The Morgan fingerprint density at radius 3 is 2.41 bits per heavy atom.